The molecule has 0 saturated heterocycles. The number of carbonyl (C=O) groups is 1. The van der Waals surface area contributed by atoms with Gasteiger partial charge in [0.05, 0.1) is 39.8 Å². The highest BCUT2D eigenvalue weighted by atomic mass is 35.5. The van der Waals surface area contributed by atoms with Crippen LogP contribution in [0.2, 0.25) is 5.02 Å². The number of thiazole rings is 1. The molecule has 1 aliphatic rings. The van der Waals surface area contributed by atoms with E-state index < -0.39 is 12.0 Å². The quantitative estimate of drug-likeness (QED) is 0.167. The van der Waals surface area contributed by atoms with Crippen LogP contribution in [0.25, 0.3) is 34.3 Å². The van der Waals surface area contributed by atoms with Crippen molar-refractivity contribution in [2.24, 2.45) is 4.99 Å². The average Bonchev–Trinajstić information content (AvgIpc) is 3.62. The zero-order valence-electron chi connectivity index (χ0n) is 25.8. The van der Waals surface area contributed by atoms with E-state index in [1.54, 1.807) is 30.5 Å². The molecule has 0 aliphatic carbocycles. The normalized spacial score (nSPS) is 14.5. The lowest BCUT2D eigenvalue weighted by atomic mass is 9.96. The van der Waals surface area contributed by atoms with E-state index in [4.69, 9.17) is 21.3 Å². The number of halogens is 1. The number of hydrogen-bond acceptors (Lipinski definition) is 5. The van der Waals surface area contributed by atoms with Crippen molar-refractivity contribution in [1.82, 2.24) is 9.13 Å². The van der Waals surface area contributed by atoms with Gasteiger partial charge in [-0.25, -0.2) is 9.79 Å². The molecule has 2 aromatic heterocycles. The molecule has 1 aliphatic heterocycles. The minimum atomic E-state index is -0.716. The maximum Gasteiger partial charge on any atom is 0.338 e. The molecule has 0 unspecified atom stereocenters. The van der Waals surface area contributed by atoms with E-state index in [9.17, 15) is 9.59 Å². The number of para-hydroxylation sites is 1. The van der Waals surface area contributed by atoms with Gasteiger partial charge in [-0.05, 0) is 66.9 Å². The Morgan fingerprint density at radius 1 is 0.894 bits per heavy atom. The molecule has 7 rings (SSSR count). The third-order valence-corrected chi connectivity index (χ3v) is 9.39. The van der Waals surface area contributed by atoms with Crippen molar-refractivity contribution in [3.63, 3.8) is 0 Å². The molecule has 0 amide bonds. The predicted molar refractivity (Wildman–Crippen MR) is 188 cm³/mol. The second-order valence-corrected chi connectivity index (χ2v) is 12.5. The molecule has 0 saturated carbocycles. The Hall–Kier alpha value is -5.24. The smallest absolute Gasteiger partial charge is 0.338 e. The van der Waals surface area contributed by atoms with Gasteiger partial charge in [0.2, 0.25) is 0 Å². The van der Waals surface area contributed by atoms with Crippen LogP contribution in [0.4, 0.5) is 0 Å². The second kappa shape index (κ2) is 12.9. The first kappa shape index (κ1) is 30.4. The summed E-state index contributed by atoms with van der Waals surface area (Å²) in [5, 5.41) is 0.560. The molecule has 6 nitrogen and oxygen atoms in total. The van der Waals surface area contributed by atoms with Gasteiger partial charge in [0.25, 0.3) is 5.56 Å². The summed E-state index contributed by atoms with van der Waals surface area (Å²) in [7, 11) is 0. The Labute approximate surface area is 280 Å². The maximum absolute atomic E-state index is 14.5. The summed E-state index contributed by atoms with van der Waals surface area (Å²) in [6.07, 6.45) is 1.94. The van der Waals surface area contributed by atoms with Gasteiger partial charge in [-0.1, -0.05) is 114 Å². The molecule has 0 spiro atoms. The second-order valence-electron chi connectivity index (χ2n) is 11.1. The van der Waals surface area contributed by atoms with Gasteiger partial charge in [0.1, 0.15) is 0 Å². The predicted octanol–water partition coefficient (Wildman–Crippen LogP) is 7.58. The Bertz CT molecular complexity index is 2300. The number of hydrogen-bond donors (Lipinski definition) is 0. The molecular formula is C39H30ClN3O3S. The lowest BCUT2D eigenvalue weighted by molar-refractivity contribution is -0.139. The van der Waals surface area contributed by atoms with E-state index in [0.717, 1.165) is 39.3 Å². The van der Waals surface area contributed by atoms with Gasteiger partial charge >= 0.3 is 5.97 Å². The highest BCUT2D eigenvalue weighted by Crippen LogP contribution is 2.37. The minimum Gasteiger partial charge on any atom is -0.463 e. The fraction of sp³-hybridized carbons (Fsp3) is 0.103. The van der Waals surface area contributed by atoms with Crippen LogP contribution in [-0.2, 0) is 9.53 Å². The van der Waals surface area contributed by atoms with Gasteiger partial charge in [-0.2, -0.15) is 0 Å². The van der Waals surface area contributed by atoms with E-state index in [1.807, 2.05) is 72.8 Å². The van der Waals surface area contributed by atoms with E-state index in [0.29, 0.717) is 25.6 Å². The molecule has 4 aromatic carbocycles. The van der Waals surface area contributed by atoms with E-state index in [-0.39, 0.29) is 12.2 Å². The van der Waals surface area contributed by atoms with Crippen LogP contribution in [0, 0.1) is 0 Å². The Kier molecular flexibility index (Phi) is 8.33. The van der Waals surface area contributed by atoms with Crippen molar-refractivity contribution in [1.29, 1.82) is 0 Å². The van der Waals surface area contributed by atoms with Crippen molar-refractivity contribution in [2.75, 3.05) is 6.61 Å². The Morgan fingerprint density at radius 3 is 2.15 bits per heavy atom. The molecule has 232 valence electrons. The SMILES string of the molecule is CCOC(=O)C1=C(C)N=c2s/c(=C\c3cc(-c4ccccc4)n(-c4ccccc4)c3-c3ccccc3)c(=O)n2[C@H]1c1ccc(Cl)cc1. The van der Waals surface area contributed by atoms with Gasteiger partial charge in [-0.3, -0.25) is 9.36 Å². The van der Waals surface area contributed by atoms with Crippen molar-refractivity contribution in [2.45, 2.75) is 19.9 Å². The van der Waals surface area contributed by atoms with E-state index >= 15 is 0 Å². The summed E-state index contributed by atoms with van der Waals surface area (Å²) in [6, 6.07) is 39.3. The summed E-state index contributed by atoms with van der Waals surface area (Å²) in [6.45, 7) is 3.75. The lowest BCUT2D eigenvalue weighted by Crippen LogP contribution is -2.39. The summed E-state index contributed by atoms with van der Waals surface area (Å²) >= 11 is 7.53. The van der Waals surface area contributed by atoms with Crippen LogP contribution in [0.3, 0.4) is 0 Å². The van der Waals surface area contributed by atoms with Crippen LogP contribution >= 0.6 is 22.9 Å². The van der Waals surface area contributed by atoms with Crippen LogP contribution in [0.1, 0.15) is 31.0 Å². The highest BCUT2D eigenvalue weighted by molar-refractivity contribution is 7.07. The number of carbonyl (C=O) groups excluding carboxylic acids is 1. The summed E-state index contributed by atoms with van der Waals surface area (Å²) in [5.74, 6) is -0.498. The summed E-state index contributed by atoms with van der Waals surface area (Å²) in [4.78, 5) is 33.0. The number of nitrogens with zero attached hydrogens (tertiary/aromatic N) is 3. The number of esters is 1. The van der Waals surface area contributed by atoms with Gasteiger partial charge in [-0.15, -0.1) is 0 Å². The number of aromatic nitrogens is 2. The number of allylic oxidation sites excluding steroid dienone is 1. The van der Waals surface area contributed by atoms with Crippen LogP contribution < -0.4 is 14.9 Å². The summed E-state index contributed by atoms with van der Waals surface area (Å²) < 4.78 is 9.79. The maximum atomic E-state index is 14.5. The first-order valence-corrected chi connectivity index (χ1v) is 16.5. The Morgan fingerprint density at radius 2 is 1.51 bits per heavy atom. The fourth-order valence-electron chi connectivity index (χ4n) is 6.09. The van der Waals surface area contributed by atoms with Crippen molar-refractivity contribution in [3.05, 3.63) is 168 Å². The fourth-order valence-corrected chi connectivity index (χ4v) is 7.25. The zero-order valence-corrected chi connectivity index (χ0v) is 27.3. The van der Waals surface area contributed by atoms with Crippen LogP contribution in [0.5, 0.6) is 0 Å². The van der Waals surface area contributed by atoms with Crippen LogP contribution in [0.15, 0.2) is 142 Å². The van der Waals surface area contributed by atoms with Crippen molar-refractivity contribution < 1.29 is 9.53 Å². The zero-order chi connectivity index (χ0) is 32.5. The molecule has 0 fully saturated rings. The molecule has 47 heavy (non-hydrogen) atoms. The van der Waals surface area contributed by atoms with Crippen molar-refractivity contribution in [3.8, 4) is 28.2 Å². The van der Waals surface area contributed by atoms with Gasteiger partial charge in [0.15, 0.2) is 4.80 Å². The van der Waals surface area contributed by atoms with Gasteiger partial charge in [0, 0.05) is 16.3 Å². The molecule has 3 heterocycles. The lowest BCUT2D eigenvalue weighted by Gasteiger charge is -2.24. The molecule has 1 atom stereocenters. The Balaban J connectivity index is 1.50. The number of rotatable bonds is 7. The molecule has 0 bridgehead atoms. The number of benzene rings is 4. The van der Waals surface area contributed by atoms with E-state index in [2.05, 4.69) is 47.0 Å². The van der Waals surface area contributed by atoms with E-state index in [1.165, 1.54) is 11.3 Å². The molecular weight excluding hydrogens is 626 g/mol. The van der Waals surface area contributed by atoms with Gasteiger partial charge < -0.3 is 9.30 Å². The monoisotopic (exact) mass is 655 g/mol. The minimum absolute atomic E-state index is 0.206. The summed E-state index contributed by atoms with van der Waals surface area (Å²) in [5.41, 5.74) is 7.25. The first-order chi connectivity index (χ1) is 22.9. The average molecular weight is 656 g/mol. The topological polar surface area (TPSA) is 65.6 Å². The van der Waals surface area contributed by atoms with Crippen LogP contribution in [-0.4, -0.2) is 21.7 Å². The highest BCUT2D eigenvalue weighted by Gasteiger charge is 2.33. The standard InChI is InChI=1S/C39H30ClN3O3S/c1-3-46-38(45)34-25(2)41-39-43(36(34)28-19-21-30(40)22-20-28)37(44)33(47-39)24-29-23-32(26-13-7-4-8-14-26)42(31-17-11-6-12-18-31)35(29)27-15-9-5-10-16-27/h4-24,36H,3H2,1-2H3/b33-24-/t36-/m0/s1. The third-order valence-electron chi connectivity index (χ3n) is 8.15. The third kappa shape index (κ3) is 5.69. The first-order valence-electron chi connectivity index (χ1n) is 15.3. The number of ether oxygens (including phenoxy) is 1. The largest absolute Gasteiger partial charge is 0.463 e. The molecule has 0 N–H and O–H groups in total. The molecule has 6 aromatic rings. The van der Waals surface area contributed by atoms with Crippen molar-refractivity contribution >= 4 is 35.0 Å². The molecule has 8 heteroatoms. The number of fused-ring (bicyclic) bond motifs is 1. The molecule has 0 radical (unpaired) electrons.